The van der Waals surface area contributed by atoms with Crippen LogP contribution in [0, 0.1) is 16.7 Å². The van der Waals surface area contributed by atoms with Gasteiger partial charge in [-0.25, -0.2) is 13.1 Å². The smallest absolute Gasteiger partial charge is 0.240 e. The van der Waals surface area contributed by atoms with Crippen molar-refractivity contribution in [3.63, 3.8) is 0 Å². The fourth-order valence-electron chi connectivity index (χ4n) is 2.44. The minimum atomic E-state index is -3.48. The van der Waals surface area contributed by atoms with E-state index < -0.39 is 10.0 Å². The molecule has 21 heavy (non-hydrogen) atoms. The third-order valence-corrected chi connectivity index (χ3v) is 5.43. The van der Waals surface area contributed by atoms with Crippen molar-refractivity contribution in [2.45, 2.75) is 31.1 Å². The van der Waals surface area contributed by atoms with E-state index in [9.17, 15) is 8.42 Å². The molecule has 0 bridgehead atoms. The molecule has 1 aromatic rings. The molecule has 0 amide bonds. The lowest BCUT2D eigenvalue weighted by molar-refractivity contribution is 0.232. The Morgan fingerprint density at radius 2 is 1.90 bits per heavy atom. The fraction of sp³-hybridized carbons (Fsp3) is 0.533. The van der Waals surface area contributed by atoms with E-state index in [-0.39, 0.29) is 10.3 Å². The minimum absolute atomic E-state index is 0.0130. The number of benzene rings is 1. The van der Waals surface area contributed by atoms with Crippen molar-refractivity contribution in [3.8, 4) is 6.07 Å². The minimum Gasteiger partial charge on any atom is -0.317 e. The van der Waals surface area contributed by atoms with Crippen LogP contribution in [0.4, 0.5) is 0 Å². The largest absolute Gasteiger partial charge is 0.317 e. The zero-order valence-electron chi connectivity index (χ0n) is 12.2. The second-order valence-electron chi connectivity index (χ2n) is 5.86. The van der Waals surface area contributed by atoms with Crippen LogP contribution in [0.2, 0.25) is 0 Å². The van der Waals surface area contributed by atoms with Crippen LogP contribution in [0.15, 0.2) is 29.2 Å². The zero-order valence-corrected chi connectivity index (χ0v) is 13.0. The number of nitrogens with one attached hydrogen (secondary N) is 2. The Hall–Kier alpha value is -1.42. The summed E-state index contributed by atoms with van der Waals surface area (Å²) in [5.41, 5.74) is 0.834. The summed E-state index contributed by atoms with van der Waals surface area (Å²) in [5.74, 6) is 0. The van der Waals surface area contributed by atoms with E-state index in [2.05, 4.69) is 17.0 Å². The molecule has 0 radical (unpaired) electrons. The SMILES string of the molecule is CC1(CNS(=O)(=O)c2ccc(CC#N)cc2)CCNCC1. The van der Waals surface area contributed by atoms with E-state index in [1.807, 2.05) is 6.07 Å². The molecule has 0 spiro atoms. The van der Waals surface area contributed by atoms with E-state index in [4.69, 9.17) is 5.26 Å². The van der Waals surface area contributed by atoms with Crippen LogP contribution in [0.25, 0.3) is 0 Å². The molecule has 1 aliphatic heterocycles. The van der Waals surface area contributed by atoms with Gasteiger partial charge in [0, 0.05) is 6.54 Å². The highest BCUT2D eigenvalue weighted by molar-refractivity contribution is 7.89. The van der Waals surface area contributed by atoms with Crippen molar-refractivity contribution >= 4 is 10.0 Å². The van der Waals surface area contributed by atoms with Gasteiger partial charge in [-0.05, 0) is 49.0 Å². The van der Waals surface area contributed by atoms with Crippen LogP contribution in [0.1, 0.15) is 25.3 Å². The second kappa shape index (κ2) is 6.56. The average molecular weight is 307 g/mol. The number of rotatable bonds is 5. The molecule has 0 saturated carbocycles. The lowest BCUT2D eigenvalue weighted by Crippen LogP contribution is -2.42. The number of sulfonamides is 1. The van der Waals surface area contributed by atoms with Crippen molar-refractivity contribution in [2.75, 3.05) is 19.6 Å². The molecular weight excluding hydrogens is 286 g/mol. The molecule has 1 saturated heterocycles. The van der Waals surface area contributed by atoms with Crippen LogP contribution in [-0.2, 0) is 16.4 Å². The van der Waals surface area contributed by atoms with E-state index in [0.29, 0.717) is 13.0 Å². The summed E-state index contributed by atoms with van der Waals surface area (Å²) in [6.07, 6.45) is 2.23. The van der Waals surface area contributed by atoms with Crippen LogP contribution in [0.5, 0.6) is 0 Å². The number of nitriles is 1. The van der Waals surface area contributed by atoms with Crippen molar-refractivity contribution < 1.29 is 8.42 Å². The predicted octanol–water partition coefficient (Wildman–Crippen LogP) is 1.42. The van der Waals surface area contributed by atoms with Crippen molar-refractivity contribution in [3.05, 3.63) is 29.8 Å². The topological polar surface area (TPSA) is 82.0 Å². The van der Waals surface area contributed by atoms with Gasteiger partial charge in [0.05, 0.1) is 17.4 Å². The fourth-order valence-corrected chi connectivity index (χ4v) is 3.64. The van der Waals surface area contributed by atoms with Gasteiger partial charge in [-0.1, -0.05) is 19.1 Å². The normalized spacial score (nSPS) is 18.1. The third kappa shape index (κ3) is 4.27. The number of nitrogens with zero attached hydrogens (tertiary/aromatic N) is 1. The standard InChI is InChI=1S/C15H21N3O2S/c1-15(7-10-17-11-8-15)12-18-21(19,20)14-4-2-13(3-5-14)6-9-16/h2-5,17-18H,6-8,10-12H2,1H3. The molecule has 5 nitrogen and oxygen atoms in total. The van der Waals surface area contributed by atoms with Gasteiger partial charge in [-0.2, -0.15) is 5.26 Å². The summed E-state index contributed by atoms with van der Waals surface area (Å²) in [5, 5.41) is 11.9. The monoisotopic (exact) mass is 307 g/mol. The summed E-state index contributed by atoms with van der Waals surface area (Å²) in [4.78, 5) is 0.252. The Morgan fingerprint density at radius 1 is 1.29 bits per heavy atom. The Kier molecular flexibility index (Phi) is 4.99. The summed E-state index contributed by atoms with van der Waals surface area (Å²) in [6, 6.07) is 8.52. The van der Waals surface area contributed by atoms with E-state index >= 15 is 0 Å². The maximum atomic E-state index is 12.3. The summed E-state index contributed by atoms with van der Waals surface area (Å²) >= 11 is 0. The first-order valence-corrected chi connectivity index (χ1v) is 8.60. The zero-order chi connectivity index (χ0) is 15.3. The molecule has 0 atom stereocenters. The van der Waals surface area contributed by atoms with E-state index in [1.54, 1.807) is 24.3 Å². The molecule has 0 aliphatic carbocycles. The molecule has 1 heterocycles. The number of hydrogen-bond donors (Lipinski definition) is 2. The van der Waals surface area contributed by atoms with Crippen LogP contribution >= 0.6 is 0 Å². The first-order valence-electron chi connectivity index (χ1n) is 7.11. The van der Waals surface area contributed by atoms with E-state index in [1.165, 1.54) is 0 Å². The van der Waals surface area contributed by atoms with Crippen LogP contribution in [0.3, 0.4) is 0 Å². The van der Waals surface area contributed by atoms with Gasteiger partial charge < -0.3 is 5.32 Å². The summed E-state index contributed by atoms with van der Waals surface area (Å²) < 4.78 is 27.3. The molecule has 2 N–H and O–H groups in total. The molecule has 1 fully saturated rings. The molecule has 6 heteroatoms. The first kappa shape index (κ1) is 16.0. The van der Waals surface area contributed by atoms with Gasteiger partial charge in [0.1, 0.15) is 0 Å². The van der Waals surface area contributed by atoms with Crippen LogP contribution < -0.4 is 10.0 Å². The summed E-state index contributed by atoms with van der Waals surface area (Å²) in [7, 11) is -3.48. The third-order valence-electron chi connectivity index (χ3n) is 4.02. The Bertz CT molecular complexity index is 611. The van der Waals surface area contributed by atoms with Crippen LogP contribution in [-0.4, -0.2) is 28.1 Å². The maximum absolute atomic E-state index is 12.3. The maximum Gasteiger partial charge on any atom is 0.240 e. The molecule has 2 rings (SSSR count). The predicted molar refractivity (Wildman–Crippen MR) is 81.2 cm³/mol. The molecule has 1 aromatic carbocycles. The molecule has 0 unspecified atom stereocenters. The van der Waals surface area contributed by atoms with Crippen molar-refractivity contribution in [2.24, 2.45) is 5.41 Å². The molecule has 1 aliphatic rings. The van der Waals surface area contributed by atoms with Crippen molar-refractivity contribution in [1.29, 1.82) is 5.26 Å². The highest BCUT2D eigenvalue weighted by Crippen LogP contribution is 2.27. The lowest BCUT2D eigenvalue weighted by Gasteiger charge is -2.34. The van der Waals surface area contributed by atoms with Gasteiger partial charge in [0.2, 0.25) is 10.0 Å². The van der Waals surface area contributed by atoms with Gasteiger partial charge >= 0.3 is 0 Å². The first-order chi connectivity index (χ1) is 9.95. The highest BCUT2D eigenvalue weighted by Gasteiger charge is 2.28. The second-order valence-corrected chi connectivity index (χ2v) is 7.63. The Labute approximate surface area is 126 Å². The molecule has 114 valence electrons. The van der Waals surface area contributed by atoms with Crippen molar-refractivity contribution in [1.82, 2.24) is 10.0 Å². The highest BCUT2D eigenvalue weighted by atomic mass is 32.2. The Balaban J connectivity index is 2.02. The van der Waals surface area contributed by atoms with Gasteiger partial charge in [-0.3, -0.25) is 0 Å². The molecule has 0 aromatic heterocycles. The molecular formula is C15H21N3O2S. The average Bonchev–Trinajstić information content (AvgIpc) is 2.47. The Morgan fingerprint density at radius 3 is 2.48 bits per heavy atom. The lowest BCUT2D eigenvalue weighted by atomic mass is 9.81. The van der Waals surface area contributed by atoms with Gasteiger partial charge in [0.15, 0.2) is 0 Å². The number of hydrogen-bond acceptors (Lipinski definition) is 4. The van der Waals surface area contributed by atoms with E-state index in [0.717, 1.165) is 31.5 Å². The number of piperidine rings is 1. The van der Waals surface area contributed by atoms with Gasteiger partial charge in [-0.15, -0.1) is 0 Å². The summed E-state index contributed by atoms with van der Waals surface area (Å²) in [6.45, 7) is 4.44. The van der Waals surface area contributed by atoms with Gasteiger partial charge in [0.25, 0.3) is 0 Å². The quantitative estimate of drug-likeness (QED) is 0.862.